The van der Waals surface area contributed by atoms with Gasteiger partial charge in [0.15, 0.2) is 5.75 Å². The van der Waals surface area contributed by atoms with Crippen molar-refractivity contribution in [3.63, 3.8) is 0 Å². The minimum atomic E-state index is -0.710. The molecule has 0 bridgehead atoms. The van der Waals surface area contributed by atoms with Crippen LogP contribution in [0.3, 0.4) is 0 Å². The molecule has 0 saturated carbocycles. The summed E-state index contributed by atoms with van der Waals surface area (Å²) >= 11 is 0. The van der Waals surface area contributed by atoms with Crippen molar-refractivity contribution in [3.8, 4) is 5.75 Å². The average molecular weight is 342 g/mol. The highest BCUT2D eigenvalue weighted by molar-refractivity contribution is 6.07. The van der Waals surface area contributed by atoms with Crippen molar-refractivity contribution >= 4 is 29.2 Å². The number of ether oxygens (including phenoxy) is 1. The van der Waals surface area contributed by atoms with Gasteiger partial charge in [-0.05, 0) is 30.3 Å². The maximum absolute atomic E-state index is 12.4. The van der Waals surface area contributed by atoms with E-state index in [1.807, 2.05) is 0 Å². The third-order valence-electron chi connectivity index (χ3n) is 3.42. The molecule has 0 fully saturated rings. The number of benzene rings is 2. The molecule has 0 saturated heterocycles. The van der Waals surface area contributed by atoms with Crippen LogP contribution in [0.2, 0.25) is 0 Å². The summed E-state index contributed by atoms with van der Waals surface area (Å²) in [6, 6.07) is 10.7. The maximum atomic E-state index is 12.4. The summed E-state index contributed by atoms with van der Waals surface area (Å²) in [5.74, 6) is -1.75. The predicted molar refractivity (Wildman–Crippen MR) is 92.8 cm³/mol. The highest BCUT2D eigenvalue weighted by Gasteiger charge is 2.16. The molecule has 0 radical (unpaired) electrons. The fourth-order valence-electron chi connectivity index (χ4n) is 2.10. The quantitative estimate of drug-likeness (QED) is 0.572. The number of nitrogens with one attached hydrogen (secondary N) is 2. The Balaban J connectivity index is 2.22. The standard InChI is InChI=1S/C18H18N2O5/c1-3-15(21)19-12-7-4-6-11(10-12)17(23)20-14-9-5-8-13(16(14)22)18(24)25-2/h4-10,22H,3H2,1-2H3,(H,19,21)(H,20,23). The molecule has 7 heteroatoms. The highest BCUT2D eigenvalue weighted by atomic mass is 16.5. The zero-order chi connectivity index (χ0) is 18.4. The van der Waals surface area contributed by atoms with Gasteiger partial charge in [-0.1, -0.05) is 19.1 Å². The minimum Gasteiger partial charge on any atom is -0.505 e. The zero-order valence-corrected chi connectivity index (χ0v) is 13.8. The van der Waals surface area contributed by atoms with Crippen LogP contribution in [0.15, 0.2) is 42.5 Å². The number of rotatable bonds is 5. The number of para-hydroxylation sites is 1. The van der Waals surface area contributed by atoms with E-state index in [0.717, 1.165) is 0 Å². The van der Waals surface area contributed by atoms with Crippen molar-refractivity contribution in [1.29, 1.82) is 0 Å². The lowest BCUT2D eigenvalue weighted by molar-refractivity contribution is -0.115. The number of amides is 2. The fourth-order valence-corrected chi connectivity index (χ4v) is 2.10. The molecule has 25 heavy (non-hydrogen) atoms. The van der Waals surface area contributed by atoms with Crippen LogP contribution in [0.5, 0.6) is 5.75 Å². The molecule has 0 unspecified atom stereocenters. The van der Waals surface area contributed by atoms with Crippen LogP contribution in [0.25, 0.3) is 0 Å². The first kappa shape index (κ1) is 18.0. The van der Waals surface area contributed by atoms with Gasteiger partial charge >= 0.3 is 5.97 Å². The van der Waals surface area contributed by atoms with Gasteiger partial charge in [0, 0.05) is 17.7 Å². The molecule has 2 aromatic carbocycles. The van der Waals surface area contributed by atoms with Crippen LogP contribution in [0.1, 0.15) is 34.1 Å². The second-order valence-electron chi connectivity index (χ2n) is 5.13. The van der Waals surface area contributed by atoms with Gasteiger partial charge in [-0.3, -0.25) is 9.59 Å². The highest BCUT2D eigenvalue weighted by Crippen LogP contribution is 2.28. The summed E-state index contributed by atoms with van der Waals surface area (Å²) in [7, 11) is 1.20. The molecule has 2 rings (SSSR count). The number of methoxy groups -OCH3 is 1. The molecule has 0 spiro atoms. The topological polar surface area (TPSA) is 105 Å². The molecule has 0 aliphatic carbocycles. The Hall–Kier alpha value is -3.35. The van der Waals surface area contributed by atoms with Gasteiger partial charge in [0.05, 0.1) is 12.8 Å². The molecule has 3 N–H and O–H groups in total. The number of hydrogen-bond acceptors (Lipinski definition) is 5. The number of phenolic OH excluding ortho intramolecular Hbond substituents is 1. The molecule has 0 atom stereocenters. The zero-order valence-electron chi connectivity index (χ0n) is 13.8. The summed E-state index contributed by atoms with van der Waals surface area (Å²) < 4.78 is 4.57. The molecule has 0 aliphatic heterocycles. The smallest absolute Gasteiger partial charge is 0.341 e. The summed E-state index contributed by atoms with van der Waals surface area (Å²) in [4.78, 5) is 35.4. The van der Waals surface area contributed by atoms with E-state index in [1.165, 1.54) is 31.4 Å². The van der Waals surface area contributed by atoms with Crippen molar-refractivity contribution in [2.24, 2.45) is 0 Å². The number of esters is 1. The Morgan fingerprint density at radius 1 is 1.08 bits per heavy atom. The van der Waals surface area contributed by atoms with E-state index in [9.17, 15) is 19.5 Å². The van der Waals surface area contributed by atoms with Gasteiger partial charge in [0.2, 0.25) is 5.91 Å². The van der Waals surface area contributed by atoms with E-state index < -0.39 is 11.9 Å². The number of phenols is 1. The predicted octanol–water partition coefficient (Wildman–Crippen LogP) is 2.78. The summed E-state index contributed by atoms with van der Waals surface area (Å²) in [5.41, 5.74) is 0.809. The van der Waals surface area contributed by atoms with Gasteiger partial charge in [0.1, 0.15) is 5.56 Å². The summed E-state index contributed by atoms with van der Waals surface area (Å²) in [6.07, 6.45) is 0.324. The van der Waals surface area contributed by atoms with Crippen LogP contribution >= 0.6 is 0 Å². The van der Waals surface area contributed by atoms with E-state index in [1.54, 1.807) is 25.1 Å². The number of carbonyl (C=O) groups is 3. The molecule has 7 nitrogen and oxygen atoms in total. The van der Waals surface area contributed by atoms with E-state index in [-0.39, 0.29) is 28.5 Å². The molecule has 0 heterocycles. The van der Waals surface area contributed by atoms with Crippen molar-refractivity contribution in [2.75, 3.05) is 17.7 Å². The minimum absolute atomic E-state index is 0.0516. The number of hydrogen-bond donors (Lipinski definition) is 3. The average Bonchev–Trinajstić information content (AvgIpc) is 2.62. The second-order valence-corrected chi connectivity index (χ2v) is 5.13. The van der Waals surface area contributed by atoms with Crippen LogP contribution in [-0.2, 0) is 9.53 Å². The molecule has 130 valence electrons. The molecule has 2 aromatic rings. The Morgan fingerprint density at radius 2 is 1.80 bits per heavy atom. The van der Waals surface area contributed by atoms with Gasteiger partial charge in [0.25, 0.3) is 5.91 Å². The van der Waals surface area contributed by atoms with E-state index >= 15 is 0 Å². The normalized spacial score (nSPS) is 10.0. The number of carbonyl (C=O) groups excluding carboxylic acids is 3. The van der Waals surface area contributed by atoms with Gasteiger partial charge in [-0.2, -0.15) is 0 Å². The lowest BCUT2D eigenvalue weighted by Crippen LogP contribution is -2.14. The number of anilines is 2. The lowest BCUT2D eigenvalue weighted by Gasteiger charge is -2.11. The SMILES string of the molecule is CCC(=O)Nc1cccc(C(=O)Nc2cccc(C(=O)OC)c2O)c1. The van der Waals surface area contributed by atoms with Crippen molar-refractivity contribution in [1.82, 2.24) is 0 Å². The van der Waals surface area contributed by atoms with Crippen molar-refractivity contribution in [2.45, 2.75) is 13.3 Å². The Labute approximate surface area is 144 Å². The van der Waals surface area contributed by atoms with E-state index in [0.29, 0.717) is 12.1 Å². The molecular formula is C18H18N2O5. The molecule has 0 aliphatic rings. The van der Waals surface area contributed by atoms with E-state index in [4.69, 9.17) is 0 Å². The Kier molecular flexibility index (Phi) is 5.73. The first-order valence-corrected chi connectivity index (χ1v) is 7.57. The Bertz CT molecular complexity index is 817. The molecule has 2 amide bonds. The molecule has 0 aromatic heterocycles. The van der Waals surface area contributed by atoms with Crippen molar-refractivity contribution in [3.05, 3.63) is 53.6 Å². The summed E-state index contributed by atoms with van der Waals surface area (Å²) in [5, 5.41) is 15.3. The largest absolute Gasteiger partial charge is 0.505 e. The van der Waals surface area contributed by atoms with Crippen LogP contribution in [0.4, 0.5) is 11.4 Å². The van der Waals surface area contributed by atoms with Crippen LogP contribution in [0, 0.1) is 0 Å². The molecular weight excluding hydrogens is 324 g/mol. The van der Waals surface area contributed by atoms with Crippen molar-refractivity contribution < 1.29 is 24.2 Å². The van der Waals surface area contributed by atoms with Crippen LogP contribution in [-0.4, -0.2) is 30.0 Å². The number of aromatic hydroxyl groups is 1. The van der Waals surface area contributed by atoms with E-state index in [2.05, 4.69) is 15.4 Å². The first-order chi connectivity index (χ1) is 12.0. The van der Waals surface area contributed by atoms with Crippen LogP contribution < -0.4 is 10.6 Å². The summed E-state index contributed by atoms with van der Waals surface area (Å²) in [6.45, 7) is 1.73. The third-order valence-corrected chi connectivity index (χ3v) is 3.42. The first-order valence-electron chi connectivity index (χ1n) is 7.57. The van der Waals surface area contributed by atoms with Gasteiger partial charge < -0.3 is 20.5 Å². The fraction of sp³-hybridized carbons (Fsp3) is 0.167. The van der Waals surface area contributed by atoms with Gasteiger partial charge in [-0.25, -0.2) is 4.79 Å². The second kappa shape index (κ2) is 7.96. The Morgan fingerprint density at radius 3 is 2.48 bits per heavy atom. The van der Waals surface area contributed by atoms with Gasteiger partial charge in [-0.15, -0.1) is 0 Å². The monoisotopic (exact) mass is 342 g/mol. The third kappa shape index (κ3) is 4.35. The lowest BCUT2D eigenvalue weighted by atomic mass is 10.1. The maximum Gasteiger partial charge on any atom is 0.341 e.